The minimum absolute atomic E-state index is 0.183. The van der Waals surface area contributed by atoms with Crippen molar-refractivity contribution in [2.45, 2.75) is 13.0 Å². The van der Waals surface area contributed by atoms with E-state index in [9.17, 15) is 4.79 Å². The molecule has 1 atom stereocenters. The molecular formula is C12H17NO3S. The summed E-state index contributed by atoms with van der Waals surface area (Å²) in [6, 6.07) is 1.76. The van der Waals surface area contributed by atoms with Crippen molar-refractivity contribution in [3.8, 4) is 0 Å². The summed E-state index contributed by atoms with van der Waals surface area (Å²) < 4.78 is 10.3. The molecule has 0 saturated carbocycles. The van der Waals surface area contributed by atoms with Crippen molar-refractivity contribution < 1.29 is 14.3 Å². The van der Waals surface area contributed by atoms with Crippen LogP contribution < -0.4 is 0 Å². The molecule has 17 heavy (non-hydrogen) atoms. The van der Waals surface area contributed by atoms with Gasteiger partial charge in [0.05, 0.1) is 20.3 Å². The number of carbonyl (C=O) groups is 1. The molecule has 2 heterocycles. The van der Waals surface area contributed by atoms with Crippen LogP contribution in [0.4, 0.5) is 0 Å². The molecule has 1 fully saturated rings. The SMILES string of the molecule is COC(=O)C(c1sccc1C)N1CCOCC1. The lowest BCUT2D eigenvalue weighted by Crippen LogP contribution is -2.42. The van der Waals surface area contributed by atoms with Gasteiger partial charge in [-0.3, -0.25) is 4.90 Å². The van der Waals surface area contributed by atoms with Crippen LogP contribution in [0.3, 0.4) is 0 Å². The number of hydrogen-bond donors (Lipinski definition) is 0. The summed E-state index contributed by atoms with van der Waals surface area (Å²) in [6.07, 6.45) is 0. The second-order valence-electron chi connectivity index (χ2n) is 4.04. The topological polar surface area (TPSA) is 38.8 Å². The highest BCUT2D eigenvalue weighted by molar-refractivity contribution is 7.10. The number of carbonyl (C=O) groups excluding carboxylic acids is 1. The fourth-order valence-corrected chi connectivity index (χ4v) is 3.08. The van der Waals surface area contributed by atoms with E-state index in [0.29, 0.717) is 13.2 Å². The number of esters is 1. The van der Waals surface area contributed by atoms with Crippen molar-refractivity contribution in [3.05, 3.63) is 21.9 Å². The fourth-order valence-electron chi connectivity index (χ4n) is 2.03. The molecule has 1 aromatic rings. The zero-order chi connectivity index (χ0) is 12.3. The van der Waals surface area contributed by atoms with Gasteiger partial charge in [-0.2, -0.15) is 0 Å². The summed E-state index contributed by atoms with van der Waals surface area (Å²) in [5, 5.41) is 2.01. The van der Waals surface area contributed by atoms with Crippen LogP contribution in [0, 0.1) is 6.92 Å². The number of nitrogens with zero attached hydrogens (tertiary/aromatic N) is 1. The molecule has 0 aliphatic carbocycles. The predicted octanol–water partition coefficient (Wildman–Crippen LogP) is 1.60. The predicted molar refractivity (Wildman–Crippen MR) is 66.2 cm³/mol. The highest BCUT2D eigenvalue weighted by atomic mass is 32.1. The van der Waals surface area contributed by atoms with Gasteiger partial charge in [0.2, 0.25) is 0 Å². The Labute approximate surface area is 105 Å². The van der Waals surface area contributed by atoms with Gasteiger partial charge in [0, 0.05) is 18.0 Å². The third kappa shape index (κ3) is 2.68. The van der Waals surface area contributed by atoms with Gasteiger partial charge in [0.1, 0.15) is 6.04 Å². The van der Waals surface area contributed by atoms with Gasteiger partial charge >= 0.3 is 5.97 Å². The van der Waals surface area contributed by atoms with Crippen molar-refractivity contribution in [1.29, 1.82) is 0 Å². The van der Waals surface area contributed by atoms with Crippen LogP contribution in [-0.2, 0) is 14.3 Å². The smallest absolute Gasteiger partial charge is 0.328 e. The van der Waals surface area contributed by atoms with Crippen LogP contribution in [-0.4, -0.2) is 44.3 Å². The molecule has 0 radical (unpaired) electrons. The monoisotopic (exact) mass is 255 g/mol. The maximum Gasteiger partial charge on any atom is 0.328 e. The van der Waals surface area contributed by atoms with Gasteiger partial charge < -0.3 is 9.47 Å². The number of morpholine rings is 1. The molecule has 0 spiro atoms. The number of methoxy groups -OCH3 is 1. The maximum atomic E-state index is 12.0. The van der Waals surface area contributed by atoms with E-state index in [2.05, 4.69) is 4.90 Å². The average Bonchev–Trinajstić information content (AvgIpc) is 2.77. The molecule has 0 aromatic carbocycles. The van der Waals surface area contributed by atoms with Crippen molar-refractivity contribution in [1.82, 2.24) is 4.90 Å². The highest BCUT2D eigenvalue weighted by Gasteiger charge is 2.31. The van der Waals surface area contributed by atoms with Gasteiger partial charge in [0.25, 0.3) is 0 Å². The maximum absolute atomic E-state index is 12.0. The first kappa shape index (κ1) is 12.5. The number of aryl methyl sites for hydroxylation is 1. The molecule has 0 bridgehead atoms. The van der Waals surface area contributed by atoms with Gasteiger partial charge in [-0.25, -0.2) is 4.79 Å². The van der Waals surface area contributed by atoms with Crippen molar-refractivity contribution in [2.75, 3.05) is 33.4 Å². The lowest BCUT2D eigenvalue weighted by atomic mass is 10.1. The first-order chi connectivity index (χ1) is 8.24. The van der Waals surface area contributed by atoms with Crippen LogP contribution in [0.1, 0.15) is 16.5 Å². The number of thiophene rings is 1. The second-order valence-corrected chi connectivity index (χ2v) is 4.99. The zero-order valence-corrected chi connectivity index (χ0v) is 11.0. The first-order valence-corrected chi connectivity index (χ1v) is 6.55. The highest BCUT2D eigenvalue weighted by Crippen LogP contribution is 2.30. The first-order valence-electron chi connectivity index (χ1n) is 5.67. The molecule has 1 aliphatic heterocycles. The van der Waals surface area contributed by atoms with E-state index in [0.717, 1.165) is 23.5 Å². The number of hydrogen-bond acceptors (Lipinski definition) is 5. The van der Waals surface area contributed by atoms with Crippen LogP contribution in [0.2, 0.25) is 0 Å². The quantitative estimate of drug-likeness (QED) is 0.769. The molecule has 4 nitrogen and oxygen atoms in total. The van der Waals surface area contributed by atoms with Gasteiger partial charge in [-0.1, -0.05) is 0 Å². The summed E-state index contributed by atoms with van der Waals surface area (Å²) in [4.78, 5) is 15.2. The summed E-state index contributed by atoms with van der Waals surface area (Å²) in [5.74, 6) is -0.183. The molecule has 1 unspecified atom stereocenters. The van der Waals surface area contributed by atoms with E-state index in [4.69, 9.17) is 9.47 Å². The summed E-state index contributed by atoms with van der Waals surface area (Å²) >= 11 is 1.61. The summed E-state index contributed by atoms with van der Waals surface area (Å²) in [7, 11) is 1.44. The van der Waals surface area contributed by atoms with Gasteiger partial charge in [0.15, 0.2) is 0 Å². The van der Waals surface area contributed by atoms with Crippen LogP contribution >= 0.6 is 11.3 Å². The molecule has 94 valence electrons. The molecule has 1 saturated heterocycles. The van der Waals surface area contributed by atoms with E-state index in [1.165, 1.54) is 7.11 Å². The Morgan fingerprint density at radius 1 is 1.53 bits per heavy atom. The Morgan fingerprint density at radius 3 is 2.76 bits per heavy atom. The van der Waals surface area contributed by atoms with Gasteiger partial charge in [-0.15, -0.1) is 11.3 Å². The second kappa shape index (κ2) is 5.62. The Kier molecular flexibility index (Phi) is 4.15. The fraction of sp³-hybridized carbons (Fsp3) is 0.583. The van der Waals surface area contributed by atoms with Crippen LogP contribution in [0.5, 0.6) is 0 Å². The lowest BCUT2D eigenvalue weighted by Gasteiger charge is -2.32. The van der Waals surface area contributed by atoms with E-state index in [1.807, 2.05) is 18.4 Å². The van der Waals surface area contributed by atoms with Crippen LogP contribution in [0.15, 0.2) is 11.4 Å². The third-order valence-corrected chi connectivity index (χ3v) is 4.06. The molecule has 1 aromatic heterocycles. The molecule has 0 amide bonds. The number of rotatable bonds is 3. The largest absolute Gasteiger partial charge is 0.468 e. The minimum atomic E-state index is -0.274. The lowest BCUT2D eigenvalue weighted by molar-refractivity contribution is -0.149. The molecule has 1 aliphatic rings. The molecule has 0 N–H and O–H groups in total. The Bertz CT molecular complexity index is 385. The molecule has 5 heteroatoms. The van der Waals surface area contributed by atoms with Gasteiger partial charge in [-0.05, 0) is 23.9 Å². The summed E-state index contributed by atoms with van der Waals surface area (Å²) in [5.41, 5.74) is 1.15. The van der Waals surface area contributed by atoms with Crippen molar-refractivity contribution >= 4 is 17.3 Å². The van der Waals surface area contributed by atoms with Crippen molar-refractivity contribution in [2.24, 2.45) is 0 Å². The van der Waals surface area contributed by atoms with Crippen molar-refractivity contribution in [3.63, 3.8) is 0 Å². The molecular weight excluding hydrogens is 238 g/mol. The third-order valence-electron chi connectivity index (χ3n) is 2.99. The Morgan fingerprint density at radius 2 is 2.24 bits per heavy atom. The van der Waals surface area contributed by atoms with E-state index < -0.39 is 0 Å². The molecule has 2 rings (SSSR count). The Hall–Kier alpha value is -0.910. The Balaban J connectivity index is 2.24. The van der Waals surface area contributed by atoms with E-state index >= 15 is 0 Å². The minimum Gasteiger partial charge on any atom is -0.468 e. The van der Waals surface area contributed by atoms with Crippen LogP contribution in [0.25, 0.3) is 0 Å². The normalized spacial score (nSPS) is 18.9. The number of ether oxygens (including phenoxy) is 2. The van der Waals surface area contributed by atoms with E-state index in [-0.39, 0.29) is 12.0 Å². The standard InChI is InChI=1S/C12H17NO3S/c1-9-3-8-17-11(9)10(12(14)15-2)13-4-6-16-7-5-13/h3,8,10H,4-7H2,1-2H3. The average molecular weight is 255 g/mol. The van der Waals surface area contributed by atoms with E-state index in [1.54, 1.807) is 11.3 Å². The summed E-state index contributed by atoms with van der Waals surface area (Å²) in [6.45, 7) is 4.94. The zero-order valence-electron chi connectivity index (χ0n) is 10.1.